The van der Waals surface area contributed by atoms with Gasteiger partial charge in [-0.1, -0.05) is 13.8 Å². The number of hydrogen-bond acceptors (Lipinski definition) is 5. The van der Waals surface area contributed by atoms with Crippen LogP contribution in [0.5, 0.6) is 0 Å². The molecule has 0 aliphatic heterocycles. The Balaban J connectivity index is 2.81. The number of imidazole rings is 1. The van der Waals surface area contributed by atoms with Crippen molar-refractivity contribution in [1.82, 2.24) is 19.2 Å². The van der Waals surface area contributed by atoms with E-state index in [1.165, 1.54) is 10.9 Å². The SMILES string of the molecule is CCN(CC)CC(C)NS(=O)(=O)c1c(N)ncn1C. The molecule has 1 heterocycles. The van der Waals surface area contributed by atoms with Gasteiger partial charge in [-0.3, -0.25) is 0 Å². The lowest BCUT2D eigenvalue weighted by Crippen LogP contribution is -2.42. The van der Waals surface area contributed by atoms with Crippen molar-refractivity contribution >= 4 is 15.8 Å². The van der Waals surface area contributed by atoms with Gasteiger partial charge in [-0.25, -0.2) is 18.1 Å². The average Bonchev–Trinajstić information content (AvgIpc) is 2.65. The van der Waals surface area contributed by atoms with Gasteiger partial charge in [0, 0.05) is 19.6 Å². The molecule has 3 N–H and O–H groups in total. The van der Waals surface area contributed by atoms with Gasteiger partial charge in [0.15, 0.2) is 10.8 Å². The van der Waals surface area contributed by atoms with Gasteiger partial charge in [0.1, 0.15) is 0 Å². The molecule has 7 nitrogen and oxygen atoms in total. The van der Waals surface area contributed by atoms with E-state index in [0.29, 0.717) is 6.54 Å². The summed E-state index contributed by atoms with van der Waals surface area (Å²) in [6, 6.07) is -0.195. The van der Waals surface area contributed by atoms with Gasteiger partial charge in [0.25, 0.3) is 10.0 Å². The second-order valence-corrected chi connectivity index (χ2v) is 6.18. The van der Waals surface area contributed by atoms with Crippen LogP contribution in [0.25, 0.3) is 0 Å². The highest BCUT2D eigenvalue weighted by Gasteiger charge is 2.24. The number of likely N-dealkylation sites (N-methyl/N-ethyl adjacent to an activating group) is 1. The topological polar surface area (TPSA) is 93.2 Å². The maximum atomic E-state index is 12.2. The number of nitrogen functional groups attached to an aromatic ring is 1. The third kappa shape index (κ3) is 3.92. The van der Waals surface area contributed by atoms with Crippen molar-refractivity contribution in [1.29, 1.82) is 0 Å². The lowest BCUT2D eigenvalue weighted by molar-refractivity contribution is 0.282. The molecule has 0 fully saturated rings. The van der Waals surface area contributed by atoms with E-state index in [2.05, 4.69) is 14.6 Å². The van der Waals surface area contributed by atoms with Crippen LogP contribution in [-0.2, 0) is 17.1 Å². The van der Waals surface area contributed by atoms with E-state index in [0.717, 1.165) is 13.1 Å². The molecular weight excluding hydrogens is 266 g/mol. The van der Waals surface area contributed by atoms with E-state index >= 15 is 0 Å². The van der Waals surface area contributed by atoms with Crippen LogP contribution in [0.4, 0.5) is 5.82 Å². The van der Waals surface area contributed by atoms with E-state index in [-0.39, 0.29) is 16.9 Å². The summed E-state index contributed by atoms with van der Waals surface area (Å²) in [5.74, 6) is 0.0186. The highest BCUT2D eigenvalue weighted by atomic mass is 32.2. The summed E-state index contributed by atoms with van der Waals surface area (Å²) in [7, 11) is -2.04. The summed E-state index contributed by atoms with van der Waals surface area (Å²) in [5, 5.41) is 0.0129. The Hall–Kier alpha value is -1.12. The van der Waals surface area contributed by atoms with Crippen LogP contribution < -0.4 is 10.5 Å². The molecule has 0 aromatic carbocycles. The molecule has 0 radical (unpaired) electrons. The molecule has 110 valence electrons. The first-order valence-corrected chi connectivity index (χ1v) is 7.81. The van der Waals surface area contributed by atoms with Gasteiger partial charge >= 0.3 is 0 Å². The van der Waals surface area contributed by atoms with Gasteiger partial charge < -0.3 is 15.2 Å². The van der Waals surface area contributed by atoms with E-state index in [1.54, 1.807) is 7.05 Å². The molecule has 0 aliphatic rings. The van der Waals surface area contributed by atoms with Gasteiger partial charge in [-0.05, 0) is 20.0 Å². The van der Waals surface area contributed by atoms with Crippen molar-refractivity contribution in [3.05, 3.63) is 6.33 Å². The molecule has 1 atom stereocenters. The maximum absolute atomic E-state index is 12.2. The molecule has 19 heavy (non-hydrogen) atoms. The van der Waals surface area contributed by atoms with Crippen LogP contribution in [-0.4, -0.2) is 48.5 Å². The molecule has 0 saturated carbocycles. The Morgan fingerprint density at radius 3 is 2.47 bits per heavy atom. The highest BCUT2D eigenvalue weighted by Crippen LogP contribution is 2.15. The van der Waals surface area contributed by atoms with Crippen molar-refractivity contribution in [2.45, 2.75) is 31.8 Å². The zero-order chi connectivity index (χ0) is 14.6. The quantitative estimate of drug-likeness (QED) is 0.737. The molecule has 1 aromatic rings. The van der Waals surface area contributed by atoms with Crippen molar-refractivity contribution in [2.24, 2.45) is 7.05 Å². The minimum Gasteiger partial charge on any atom is -0.381 e. The fourth-order valence-corrected chi connectivity index (χ4v) is 3.46. The Kier molecular flexibility index (Phi) is 5.33. The minimum absolute atomic E-state index is 0.0129. The van der Waals surface area contributed by atoms with Gasteiger partial charge in [0.2, 0.25) is 0 Å². The Morgan fingerprint density at radius 2 is 2.05 bits per heavy atom. The first-order valence-electron chi connectivity index (χ1n) is 6.33. The number of sulfonamides is 1. The third-order valence-corrected chi connectivity index (χ3v) is 4.67. The summed E-state index contributed by atoms with van der Waals surface area (Å²) >= 11 is 0. The number of hydrogen-bond donors (Lipinski definition) is 2. The predicted octanol–water partition coefficient (Wildman–Crippen LogP) is 0.0109. The van der Waals surface area contributed by atoms with Crippen LogP contribution in [0.15, 0.2) is 11.4 Å². The van der Waals surface area contributed by atoms with Gasteiger partial charge in [-0.2, -0.15) is 0 Å². The van der Waals surface area contributed by atoms with Crippen molar-refractivity contribution in [3.8, 4) is 0 Å². The average molecular weight is 289 g/mol. The molecule has 0 saturated heterocycles. The maximum Gasteiger partial charge on any atom is 0.260 e. The zero-order valence-corrected chi connectivity index (χ0v) is 12.7. The molecule has 1 unspecified atom stereocenters. The molecule has 1 rings (SSSR count). The fourth-order valence-electron chi connectivity index (χ4n) is 1.99. The molecule has 0 spiro atoms. The normalized spacial score (nSPS) is 13.9. The van der Waals surface area contributed by atoms with Crippen LogP contribution in [0.1, 0.15) is 20.8 Å². The lowest BCUT2D eigenvalue weighted by atomic mass is 10.3. The molecular formula is C11H23N5O2S. The van der Waals surface area contributed by atoms with Crippen LogP contribution in [0, 0.1) is 0 Å². The Labute approximate surface area is 114 Å². The molecule has 8 heteroatoms. The van der Waals surface area contributed by atoms with Crippen molar-refractivity contribution in [2.75, 3.05) is 25.4 Å². The smallest absolute Gasteiger partial charge is 0.260 e. The van der Waals surface area contributed by atoms with E-state index in [4.69, 9.17) is 5.73 Å². The van der Waals surface area contributed by atoms with Gasteiger partial charge in [0.05, 0.1) is 6.33 Å². The number of nitrogens with two attached hydrogens (primary N) is 1. The number of aryl methyl sites for hydroxylation is 1. The first kappa shape index (κ1) is 15.9. The first-order chi connectivity index (χ1) is 8.81. The summed E-state index contributed by atoms with van der Waals surface area (Å²) in [6.45, 7) is 8.35. The van der Waals surface area contributed by atoms with E-state index in [1.807, 2.05) is 20.8 Å². The number of anilines is 1. The number of rotatable bonds is 7. The highest BCUT2D eigenvalue weighted by molar-refractivity contribution is 7.89. The summed E-state index contributed by atoms with van der Waals surface area (Å²) in [6.07, 6.45) is 1.39. The van der Waals surface area contributed by atoms with Crippen LogP contribution in [0.2, 0.25) is 0 Å². The summed E-state index contributed by atoms with van der Waals surface area (Å²) in [4.78, 5) is 5.95. The predicted molar refractivity (Wildman–Crippen MR) is 75.2 cm³/mol. The fraction of sp³-hybridized carbons (Fsp3) is 0.727. The molecule has 0 bridgehead atoms. The Morgan fingerprint density at radius 1 is 1.47 bits per heavy atom. The monoisotopic (exact) mass is 289 g/mol. The third-order valence-electron chi connectivity index (χ3n) is 2.95. The lowest BCUT2D eigenvalue weighted by Gasteiger charge is -2.23. The van der Waals surface area contributed by atoms with Crippen molar-refractivity contribution in [3.63, 3.8) is 0 Å². The van der Waals surface area contributed by atoms with E-state index in [9.17, 15) is 8.42 Å². The largest absolute Gasteiger partial charge is 0.381 e. The number of nitrogens with zero attached hydrogens (tertiary/aromatic N) is 3. The van der Waals surface area contributed by atoms with Gasteiger partial charge in [-0.15, -0.1) is 0 Å². The molecule has 0 amide bonds. The summed E-state index contributed by atoms with van der Waals surface area (Å²) < 4.78 is 28.5. The standard InChI is InChI=1S/C11H23N5O2S/c1-5-16(6-2)7-9(3)14-19(17,18)11-10(12)13-8-15(11)4/h8-9,14H,5-7,12H2,1-4H3. The summed E-state index contributed by atoms with van der Waals surface area (Å²) in [5.41, 5.74) is 5.60. The zero-order valence-electron chi connectivity index (χ0n) is 11.9. The van der Waals surface area contributed by atoms with Crippen molar-refractivity contribution < 1.29 is 8.42 Å². The molecule has 0 aliphatic carbocycles. The second-order valence-electron chi connectivity index (χ2n) is 4.55. The second kappa shape index (κ2) is 6.36. The minimum atomic E-state index is -3.64. The van der Waals surface area contributed by atoms with Crippen LogP contribution >= 0.6 is 0 Å². The van der Waals surface area contributed by atoms with Crippen LogP contribution in [0.3, 0.4) is 0 Å². The van der Waals surface area contributed by atoms with E-state index < -0.39 is 10.0 Å². The molecule has 1 aromatic heterocycles. The Bertz CT molecular complexity index is 488. The number of aromatic nitrogens is 2. The number of nitrogens with one attached hydrogen (secondary N) is 1.